The highest BCUT2D eigenvalue weighted by molar-refractivity contribution is 6.31. The fourth-order valence-electron chi connectivity index (χ4n) is 4.10. The van der Waals surface area contributed by atoms with Gasteiger partial charge in [-0.25, -0.2) is 10.4 Å². The number of nitrogens with zero attached hydrogens (tertiary/aromatic N) is 4. The summed E-state index contributed by atoms with van der Waals surface area (Å²) in [5, 5.41) is 12.8. The summed E-state index contributed by atoms with van der Waals surface area (Å²) in [7, 11) is 0. The highest BCUT2D eigenvalue weighted by atomic mass is 35.5. The second-order valence-electron chi connectivity index (χ2n) is 7.18. The summed E-state index contributed by atoms with van der Waals surface area (Å²) in [6.07, 6.45) is 5.08. The number of halogens is 1. The lowest BCUT2D eigenvalue weighted by molar-refractivity contribution is -0.119. The highest BCUT2D eigenvalue weighted by Gasteiger charge is 2.44. The Morgan fingerprint density at radius 2 is 2.14 bits per heavy atom. The Balaban J connectivity index is 1.41. The van der Waals surface area contributed by atoms with E-state index in [1.807, 2.05) is 0 Å². The Labute approximate surface area is 166 Å². The quantitative estimate of drug-likeness (QED) is 0.654. The van der Waals surface area contributed by atoms with Crippen molar-refractivity contribution in [2.45, 2.75) is 24.9 Å². The van der Waals surface area contributed by atoms with Crippen LogP contribution in [0.5, 0.6) is 0 Å². The number of hydrazine groups is 1. The molecule has 1 amide bonds. The zero-order valence-corrected chi connectivity index (χ0v) is 15.8. The number of rotatable bonds is 3. The van der Waals surface area contributed by atoms with Crippen LogP contribution in [0.1, 0.15) is 24.7 Å². The minimum absolute atomic E-state index is 0.0847. The molecule has 3 aliphatic heterocycles. The van der Waals surface area contributed by atoms with Crippen LogP contribution in [0.3, 0.4) is 0 Å². The number of piperidine rings is 1. The van der Waals surface area contributed by atoms with Crippen LogP contribution in [0, 0.1) is 5.92 Å². The third-order valence-electron chi connectivity index (χ3n) is 5.50. The molecule has 28 heavy (non-hydrogen) atoms. The molecule has 3 aliphatic rings. The van der Waals surface area contributed by atoms with Gasteiger partial charge in [0.15, 0.2) is 0 Å². The van der Waals surface area contributed by atoms with Gasteiger partial charge in [-0.05, 0) is 38.1 Å². The van der Waals surface area contributed by atoms with E-state index in [4.69, 9.17) is 16.1 Å². The fourth-order valence-corrected chi connectivity index (χ4v) is 4.30. The third-order valence-corrected chi connectivity index (χ3v) is 5.81. The van der Waals surface area contributed by atoms with E-state index in [9.17, 15) is 4.79 Å². The molecule has 5 heterocycles. The molecule has 2 fully saturated rings. The smallest absolute Gasteiger partial charge is 0.247 e. The highest BCUT2D eigenvalue weighted by Crippen LogP contribution is 2.35. The van der Waals surface area contributed by atoms with Crippen molar-refractivity contribution in [1.29, 1.82) is 0 Å². The van der Waals surface area contributed by atoms with Gasteiger partial charge in [-0.1, -0.05) is 16.8 Å². The maximum absolute atomic E-state index is 12.4. The van der Waals surface area contributed by atoms with Crippen molar-refractivity contribution in [1.82, 2.24) is 36.2 Å². The number of allylic oxidation sites excluding steroid dienone is 1. The minimum Gasteiger partial charge on any atom is -0.338 e. The van der Waals surface area contributed by atoms with Gasteiger partial charge in [-0.3, -0.25) is 9.80 Å². The van der Waals surface area contributed by atoms with Gasteiger partial charge in [-0.2, -0.15) is 4.98 Å². The Morgan fingerprint density at radius 1 is 1.29 bits per heavy atom. The lowest BCUT2D eigenvalue weighted by Crippen LogP contribution is -2.53. The van der Waals surface area contributed by atoms with E-state index in [0.29, 0.717) is 34.9 Å². The molecule has 146 valence electrons. The van der Waals surface area contributed by atoms with Crippen LogP contribution in [0.2, 0.25) is 5.15 Å². The van der Waals surface area contributed by atoms with Crippen molar-refractivity contribution in [3.05, 3.63) is 41.1 Å². The number of amides is 1. The molecule has 10 heteroatoms. The Kier molecular flexibility index (Phi) is 4.50. The van der Waals surface area contributed by atoms with Crippen LogP contribution in [0.25, 0.3) is 11.4 Å². The first-order chi connectivity index (χ1) is 13.7. The largest absolute Gasteiger partial charge is 0.338 e. The summed E-state index contributed by atoms with van der Waals surface area (Å²) in [4.78, 5) is 20.9. The fraction of sp³-hybridized carbons (Fsp3) is 0.444. The van der Waals surface area contributed by atoms with Gasteiger partial charge < -0.3 is 15.2 Å². The Hall–Kier alpha value is -2.49. The van der Waals surface area contributed by atoms with Gasteiger partial charge in [-0.15, -0.1) is 0 Å². The molecule has 0 spiro atoms. The molecule has 0 saturated carbocycles. The number of fused-ring (bicyclic) bond motifs is 1. The van der Waals surface area contributed by atoms with Crippen LogP contribution < -0.4 is 16.1 Å². The predicted octanol–water partition coefficient (Wildman–Crippen LogP) is 1.03. The lowest BCUT2D eigenvalue weighted by Gasteiger charge is -2.38. The normalized spacial score (nSPS) is 25.4. The summed E-state index contributed by atoms with van der Waals surface area (Å²) < 4.78 is 5.53. The molecule has 2 aromatic rings. The first kappa shape index (κ1) is 17.6. The number of hydrogen-bond donors (Lipinski definition) is 3. The van der Waals surface area contributed by atoms with Crippen LogP contribution in [-0.2, 0) is 4.79 Å². The van der Waals surface area contributed by atoms with Crippen molar-refractivity contribution in [2.24, 2.45) is 5.92 Å². The van der Waals surface area contributed by atoms with Crippen molar-refractivity contribution < 1.29 is 9.32 Å². The first-order valence-electron chi connectivity index (χ1n) is 9.41. The number of carbonyl (C=O) groups excluding carboxylic acids is 1. The lowest BCUT2D eigenvalue weighted by atomic mass is 9.92. The third kappa shape index (κ3) is 3.05. The van der Waals surface area contributed by atoms with E-state index in [0.717, 1.165) is 31.6 Å². The van der Waals surface area contributed by atoms with Crippen LogP contribution in [0.15, 0.2) is 34.6 Å². The number of nitrogens with one attached hydrogen (secondary N) is 3. The monoisotopic (exact) mass is 401 g/mol. The maximum Gasteiger partial charge on any atom is 0.247 e. The van der Waals surface area contributed by atoms with Crippen LogP contribution in [0.4, 0.5) is 0 Å². The number of hydrogen-bond acceptors (Lipinski definition) is 8. The molecule has 0 aromatic carbocycles. The molecular formula is C18H20ClN7O2. The molecule has 0 radical (unpaired) electrons. The van der Waals surface area contributed by atoms with E-state index in [-0.39, 0.29) is 18.0 Å². The second kappa shape index (κ2) is 7.16. The summed E-state index contributed by atoms with van der Waals surface area (Å²) in [5.41, 5.74) is 5.05. The van der Waals surface area contributed by atoms with Crippen LogP contribution >= 0.6 is 11.6 Å². The van der Waals surface area contributed by atoms with Crippen molar-refractivity contribution in [2.75, 3.05) is 19.6 Å². The van der Waals surface area contributed by atoms with E-state index < -0.39 is 0 Å². The van der Waals surface area contributed by atoms with Gasteiger partial charge in [0.2, 0.25) is 17.6 Å². The summed E-state index contributed by atoms with van der Waals surface area (Å²) in [5.74, 6) is 0.961. The number of pyridine rings is 1. The molecule has 9 nitrogen and oxygen atoms in total. The summed E-state index contributed by atoms with van der Waals surface area (Å²) in [6.45, 7) is 2.52. The summed E-state index contributed by atoms with van der Waals surface area (Å²) >= 11 is 6.14. The minimum atomic E-state index is -0.264. The average Bonchev–Trinajstić information content (AvgIpc) is 3.35. The van der Waals surface area contributed by atoms with Gasteiger partial charge >= 0.3 is 0 Å². The molecule has 0 aliphatic carbocycles. The van der Waals surface area contributed by atoms with Crippen molar-refractivity contribution in [3.8, 4) is 11.4 Å². The second-order valence-corrected chi connectivity index (χ2v) is 7.54. The van der Waals surface area contributed by atoms with Gasteiger partial charge in [0.1, 0.15) is 11.3 Å². The Morgan fingerprint density at radius 3 is 2.96 bits per heavy atom. The topological polar surface area (TPSA) is 108 Å². The van der Waals surface area contributed by atoms with Gasteiger partial charge in [0, 0.05) is 30.4 Å². The molecule has 5 rings (SSSR count). The zero-order valence-electron chi connectivity index (χ0n) is 15.1. The van der Waals surface area contributed by atoms with Crippen molar-refractivity contribution >= 4 is 17.5 Å². The Bertz CT molecular complexity index is 924. The summed E-state index contributed by atoms with van der Waals surface area (Å²) in [6, 6.07) is 3.57. The number of carbonyl (C=O) groups is 1. The van der Waals surface area contributed by atoms with Crippen LogP contribution in [-0.4, -0.2) is 51.8 Å². The standard InChI is InChI=1S/C18H20ClN7O2/c19-15-11(2-1-5-21-15)16-24-18(28-25-16)12-9-22-26-13(8-14(27)23-17(12)26)10-3-6-20-7-4-10/h1-2,5,8,10,12,17,20,22H,3-4,6-7,9H2,(H,23,27). The SMILES string of the molecule is O=C1C=C(C2CCNCC2)N2NCC(c3nc(-c4cccnc4Cl)no3)C2N1. The molecule has 2 unspecified atom stereocenters. The number of aromatic nitrogens is 3. The molecule has 2 saturated heterocycles. The molecule has 2 aromatic heterocycles. The average molecular weight is 402 g/mol. The zero-order chi connectivity index (χ0) is 19.1. The first-order valence-corrected chi connectivity index (χ1v) is 9.78. The molecule has 0 bridgehead atoms. The van der Waals surface area contributed by atoms with E-state index in [1.165, 1.54) is 0 Å². The maximum atomic E-state index is 12.4. The predicted molar refractivity (Wildman–Crippen MR) is 101 cm³/mol. The van der Waals surface area contributed by atoms with Crippen molar-refractivity contribution in [3.63, 3.8) is 0 Å². The molecule has 3 N–H and O–H groups in total. The van der Waals surface area contributed by atoms with E-state index in [1.54, 1.807) is 24.4 Å². The molecular weight excluding hydrogens is 382 g/mol. The molecule has 2 atom stereocenters. The van der Waals surface area contributed by atoms with E-state index in [2.05, 4.69) is 36.2 Å². The van der Waals surface area contributed by atoms with E-state index >= 15 is 0 Å². The van der Waals surface area contributed by atoms with Gasteiger partial charge in [0.25, 0.3) is 0 Å². The van der Waals surface area contributed by atoms with Gasteiger partial charge in [0.05, 0.1) is 11.5 Å².